The van der Waals surface area contributed by atoms with Crippen LogP contribution in [0.15, 0.2) is 48.5 Å². The molecule has 1 atom stereocenters. The number of aliphatic hydroxyl groups is 1. The Morgan fingerprint density at radius 2 is 1.61 bits per heavy atom. The molecule has 1 saturated carbocycles. The van der Waals surface area contributed by atoms with Gasteiger partial charge in [-0.25, -0.2) is 0 Å². The molecule has 240 valence electrons. The molecule has 2 aliphatic heterocycles. The Morgan fingerprint density at radius 1 is 0.977 bits per heavy atom. The Hall–Kier alpha value is -3.14. The lowest BCUT2D eigenvalue weighted by atomic mass is 9.77. The molecule has 44 heavy (non-hydrogen) atoms. The number of likely N-dealkylation sites (tertiary alicyclic amines) is 1. The standard InChI is InChI=1S/C34H46N4O5.ClH/c1-3-19-38-31(40)29(22-33(42)15-5-4-6-16-33)36-32(41)34(38)17-20-37(21-18-34)23-25-7-9-26(10-8-25)24-43-28-13-11-27(12-14-28)30(39)35-2;/h7-14,29,42H,3-6,15-24H2,1-2H3,(H,35,39)(H,36,41);1H/t29-;/m1./s1. The van der Waals surface area contributed by atoms with Crippen molar-refractivity contribution in [2.45, 2.75) is 95.0 Å². The van der Waals surface area contributed by atoms with E-state index in [2.05, 4.69) is 39.8 Å². The smallest absolute Gasteiger partial charge is 0.251 e. The predicted molar refractivity (Wildman–Crippen MR) is 172 cm³/mol. The van der Waals surface area contributed by atoms with Gasteiger partial charge in [0.15, 0.2) is 0 Å². The van der Waals surface area contributed by atoms with E-state index in [0.29, 0.717) is 56.6 Å². The van der Waals surface area contributed by atoms with Crippen molar-refractivity contribution < 1.29 is 24.2 Å². The Bertz CT molecular complexity index is 1270. The molecule has 0 unspecified atom stereocenters. The molecule has 10 heteroatoms. The molecule has 2 aromatic rings. The maximum absolute atomic E-state index is 13.7. The van der Waals surface area contributed by atoms with Crippen LogP contribution in [0.5, 0.6) is 5.75 Å². The summed E-state index contributed by atoms with van der Waals surface area (Å²) >= 11 is 0. The summed E-state index contributed by atoms with van der Waals surface area (Å²) in [6.07, 6.45) is 6.75. The van der Waals surface area contributed by atoms with Gasteiger partial charge in [-0.05, 0) is 67.5 Å². The number of carbonyl (C=O) groups is 3. The molecule has 3 amide bonds. The van der Waals surface area contributed by atoms with Crippen LogP contribution in [-0.2, 0) is 22.7 Å². The topological polar surface area (TPSA) is 111 Å². The summed E-state index contributed by atoms with van der Waals surface area (Å²) in [5.74, 6) is 0.489. The van der Waals surface area contributed by atoms with Crippen LogP contribution in [-0.4, -0.2) is 76.5 Å². The molecule has 1 aliphatic carbocycles. The minimum Gasteiger partial charge on any atom is -0.489 e. The molecule has 3 aliphatic rings. The number of piperidine rings is 1. The minimum absolute atomic E-state index is 0. The lowest BCUT2D eigenvalue weighted by Crippen LogP contribution is -2.73. The maximum atomic E-state index is 13.7. The zero-order valence-electron chi connectivity index (χ0n) is 26.0. The van der Waals surface area contributed by atoms with E-state index in [1.54, 1.807) is 31.3 Å². The van der Waals surface area contributed by atoms with Gasteiger partial charge in [0.2, 0.25) is 11.8 Å². The monoisotopic (exact) mass is 626 g/mol. The molecule has 2 aromatic carbocycles. The zero-order valence-corrected chi connectivity index (χ0v) is 26.8. The molecule has 9 nitrogen and oxygen atoms in total. The van der Waals surface area contributed by atoms with Gasteiger partial charge in [-0.3, -0.25) is 19.3 Å². The molecule has 1 spiro atoms. The van der Waals surface area contributed by atoms with Gasteiger partial charge < -0.3 is 25.4 Å². The van der Waals surface area contributed by atoms with Crippen molar-refractivity contribution >= 4 is 30.1 Å². The van der Waals surface area contributed by atoms with Gasteiger partial charge in [0.1, 0.15) is 23.9 Å². The first-order valence-corrected chi connectivity index (χ1v) is 15.9. The maximum Gasteiger partial charge on any atom is 0.251 e. The Balaban J connectivity index is 0.00000442. The second-order valence-electron chi connectivity index (χ2n) is 12.5. The average Bonchev–Trinajstić information content (AvgIpc) is 3.02. The van der Waals surface area contributed by atoms with Crippen LogP contribution >= 0.6 is 12.4 Å². The summed E-state index contributed by atoms with van der Waals surface area (Å²) in [5.41, 5.74) is 1.16. The van der Waals surface area contributed by atoms with Crippen LogP contribution < -0.4 is 15.4 Å². The van der Waals surface area contributed by atoms with Gasteiger partial charge in [-0.1, -0.05) is 50.5 Å². The van der Waals surface area contributed by atoms with Crippen molar-refractivity contribution in [2.24, 2.45) is 0 Å². The fraction of sp³-hybridized carbons (Fsp3) is 0.559. The molecule has 0 bridgehead atoms. The van der Waals surface area contributed by atoms with Crippen molar-refractivity contribution in [3.8, 4) is 5.75 Å². The van der Waals surface area contributed by atoms with Gasteiger partial charge >= 0.3 is 0 Å². The highest BCUT2D eigenvalue weighted by molar-refractivity contribution is 6.00. The molecule has 3 fully saturated rings. The average molecular weight is 627 g/mol. The predicted octanol–water partition coefficient (Wildman–Crippen LogP) is 4.20. The number of ether oxygens (including phenoxy) is 1. The highest BCUT2D eigenvalue weighted by Crippen LogP contribution is 2.37. The van der Waals surface area contributed by atoms with E-state index in [0.717, 1.165) is 50.9 Å². The Kier molecular flexibility index (Phi) is 11.3. The zero-order chi connectivity index (χ0) is 30.5. The molecule has 5 rings (SSSR count). The van der Waals surface area contributed by atoms with Crippen LogP contribution in [0, 0.1) is 0 Å². The van der Waals surface area contributed by atoms with Crippen LogP contribution in [0.1, 0.15) is 86.2 Å². The fourth-order valence-corrected chi connectivity index (χ4v) is 6.95. The highest BCUT2D eigenvalue weighted by Gasteiger charge is 2.54. The van der Waals surface area contributed by atoms with E-state index in [-0.39, 0.29) is 30.1 Å². The summed E-state index contributed by atoms with van der Waals surface area (Å²) in [5, 5.41) is 16.8. The van der Waals surface area contributed by atoms with E-state index in [1.165, 1.54) is 5.56 Å². The summed E-state index contributed by atoms with van der Waals surface area (Å²) in [7, 11) is 1.61. The Labute approximate surface area is 267 Å². The van der Waals surface area contributed by atoms with E-state index in [9.17, 15) is 19.5 Å². The fourth-order valence-electron chi connectivity index (χ4n) is 6.95. The summed E-state index contributed by atoms with van der Waals surface area (Å²) in [6, 6.07) is 14.8. The molecular formula is C34H47ClN4O5. The number of nitrogens with one attached hydrogen (secondary N) is 2. The second-order valence-corrected chi connectivity index (χ2v) is 12.5. The third-order valence-corrected chi connectivity index (χ3v) is 9.49. The van der Waals surface area contributed by atoms with E-state index in [4.69, 9.17) is 4.74 Å². The minimum atomic E-state index is -0.862. The second kappa shape index (κ2) is 14.8. The SMILES string of the molecule is CCCN1C(=O)[C@@H](CC2(O)CCCCC2)NC(=O)C12CCN(Cc1ccc(COc3ccc(C(=O)NC)cc3)cc1)CC2.Cl. The number of benzene rings is 2. The lowest BCUT2D eigenvalue weighted by molar-refractivity contribution is -0.163. The number of amides is 3. The van der Waals surface area contributed by atoms with Crippen molar-refractivity contribution in [3.63, 3.8) is 0 Å². The van der Waals surface area contributed by atoms with Gasteiger partial charge in [0, 0.05) is 45.2 Å². The summed E-state index contributed by atoms with van der Waals surface area (Å²) in [4.78, 5) is 43.3. The number of rotatable bonds is 10. The number of piperazine rings is 1. The summed E-state index contributed by atoms with van der Waals surface area (Å²) < 4.78 is 5.89. The van der Waals surface area contributed by atoms with E-state index >= 15 is 0 Å². The van der Waals surface area contributed by atoms with Crippen LogP contribution in [0.4, 0.5) is 0 Å². The highest BCUT2D eigenvalue weighted by atomic mass is 35.5. The van der Waals surface area contributed by atoms with Crippen LogP contribution in [0.3, 0.4) is 0 Å². The normalized spacial score (nSPS) is 21.3. The van der Waals surface area contributed by atoms with E-state index in [1.807, 2.05) is 11.8 Å². The van der Waals surface area contributed by atoms with Gasteiger partial charge in [0.25, 0.3) is 5.91 Å². The van der Waals surface area contributed by atoms with Crippen molar-refractivity contribution in [1.82, 2.24) is 20.4 Å². The molecule has 3 N–H and O–H groups in total. The number of halogens is 1. The van der Waals surface area contributed by atoms with Gasteiger partial charge in [-0.2, -0.15) is 0 Å². The number of hydrogen-bond acceptors (Lipinski definition) is 6. The molecule has 0 radical (unpaired) electrons. The third kappa shape index (κ3) is 7.56. The van der Waals surface area contributed by atoms with Crippen LogP contribution in [0.2, 0.25) is 0 Å². The largest absolute Gasteiger partial charge is 0.489 e. The number of nitrogens with zero attached hydrogens (tertiary/aromatic N) is 2. The first-order valence-electron chi connectivity index (χ1n) is 15.9. The Morgan fingerprint density at radius 3 is 2.23 bits per heavy atom. The quantitative estimate of drug-likeness (QED) is 0.365. The third-order valence-electron chi connectivity index (χ3n) is 9.49. The van der Waals surface area contributed by atoms with Crippen molar-refractivity contribution in [2.75, 3.05) is 26.7 Å². The van der Waals surface area contributed by atoms with Crippen LogP contribution in [0.25, 0.3) is 0 Å². The molecular weight excluding hydrogens is 580 g/mol. The molecule has 0 aromatic heterocycles. The number of hydrogen-bond donors (Lipinski definition) is 3. The van der Waals surface area contributed by atoms with Crippen molar-refractivity contribution in [1.29, 1.82) is 0 Å². The molecule has 2 saturated heterocycles. The first kappa shape index (κ1) is 33.7. The first-order chi connectivity index (χ1) is 20.7. The van der Waals surface area contributed by atoms with Gasteiger partial charge in [0.05, 0.1) is 5.60 Å². The van der Waals surface area contributed by atoms with Gasteiger partial charge in [-0.15, -0.1) is 12.4 Å². The van der Waals surface area contributed by atoms with Crippen molar-refractivity contribution in [3.05, 3.63) is 65.2 Å². The number of carbonyl (C=O) groups excluding carboxylic acids is 3. The lowest BCUT2D eigenvalue weighted by Gasteiger charge is -2.52. The van der Waals surface area contributed by atoms with E-state index < -0.39 is 17.2 Å². The molecule has 2 heterocycles. The summed E-state index contributed by atoms with van der Waals surface area (Å²) in [6.45, 7) is 5.27.